The van der Waals surface area contributed by atoms with Crippen LogP contribution in [0.4, 0.5) is 5.82 Å². The van der Waals surface area contributed by atoms with Crippen LogP contribution in [0.25, 0.3) is 10.9 Å². The second-order valence-electron chi connectivity index (χ2n) is 8.39. The minimum absolute atomic E-state index is 0.0315. The molecule has 2 bridgehead atoms. The summed E-state index contributed by atoms with van der Waals surface area (Å²) in [7, 11) is 0. The van der Waals surface area contributed by atoms with Crippen molar-refractivity contribution < 1.29 is 14.4 Å². The normalized spacial score (nSPS) is 21.8. The van der Waals surface area contributed by atoms with Crippen LogP contribution in [0, 0.1) is 5.92 Å². The molecular formula is C23H22ClN5O3. The van der Waals surface area contributed by atoms with E-state index in [0.717, 1.165) is 30.2 Å². The Bertz CT molecular complexity index is 1240. The van der Waals surface area contributed by atoms with Crippen LogP contribution in [0.3, 0.4) is 0 Å². The van der Waals surface area contributed by atoms with E-state index in [-0.39, 0.29) is 41.3 Å². The number of benzene rings is 1. The standard InChI is InChI=1S/C23H22ClN5O3/c1-13(30)21-16-5-2-3-6-17(16)28(27-21)12-20(31)29-15-10-9-14(11-15)22(29)23(32)26-19-8-4-7-18(24)25-19/h2-8,14-15,22H,9-12H2,1H3,(H,25,26,32)/t14-,15+,22-/m0/s1. The number of aromatic nitrogens is 3. The minimum atomic E-state index is -0.559. The molecule has 1 N–H and O–H groups in total. The van der Waals surface area contributed by atoms with Gasteiger partial charge in [0, 0.05) is 18.4 Å². The number of hydrogen-bond acceptors (Lipinski definition) is 5. The predicted octanol–water partition coefficient (Wildman–Crippen LogP) is 3.31. The minimum Gasteiger partial charge on any atom is -0.326 e. The van der Waals surface area contributed by atoms with Gasteiger partial charge in [0.05, 0.1) is 5.52 Å². The number of halogens is 1. The Morgan fingerprint density at radius 3 is 2.72 bits per heavy atom. The average molecular weight is 452 g/mol. The quantitative estimate of drug-likeness (QED) is 0.474. The fourth-order valence-electron chi connectivity index (χ4n) is 5.08. The van der Waals surface area contributed by atoms with E-state index < -0.39 is 6.04 Å². The molecule has 5 rings (SSSR count). The van der Waals surface area contributed by atoms with Gasteiger partial charge in [0.2, 0.25) is 11.8 Å². The average Bonchev–Trinajstić information content (AvgIpc) is 3.47. The van der Waals surface area contributed by atoms with E-state index in [2.05, 4.69) is 15.4 Å². The molecule has 1 saturated heterocycles. The number of pyridine rings is 1. The van der Waals surface area contributed by atoms with E-state index in [0.29, 0.717) is 11.5 Å². The van der Waals surface area contributed by atoms with Crippen LogP contribution in [0.15, 0.2) is 42.5 Å². The van der Waals surface area contributed by atoms with Crippen molar-refractivity contribution in [1.29, 1.82) is 0 Å². The zero-order valence-corrected chi connectivity index (χ0v) is 18.2. The van der Waals surface area contributed by atoms with Crippen molar-refractivity contribution >= 4 is 45.9 Å². The molecule has 1 aliphatic heterocycles. The van der Waals surface area contributed by atoms with E-state index in [1.54, 1.807) is 27.8 Å². The third-order valence-corrected chi connectivity index (χ3v) is 6.60. The zero-order chi connectivity index (χ0) is 22.4. The highest BCUT2D eigenvalue weighted by molar-refractivity contribution is 6.29. The maximum Gasteiger partial charge on any atom is 0.248 e. The Balaban J connectivity index is 1.41. The Kier molecular flexibility index (Phi) is 5.17. The molecule has 9 heteroatoms. The topological polar surface area (TPSA) is 97.2 Å². The van der Waals surface area contributed by atoms with Gasteiger partial charge < -0.3 is 10.2 Å². The maximum absolute atomic E-state index is 13.4. The molecule has 3 atom stereocenters. The first-order valence-electron chi connectivity index (χ1n) is 10.6. The van der Waals surface area contributed by atoms with Gasteiger partial charge >= 0.3 is 0 Å². The third kappa shape index (κ3) is 3.54. The molecule has 2 amide bonds. The number of para-hydroxylation sites is 1. The first-order valence-corrected chi connectivity index (χ1v) is 11.0. The highest BCUT2D eigenvalue weighted by Crippen LogP contribution is 2.43. The smallest absolute Gasteiger partial charge is 0.248 e. The molecule has 0 unspecified atom stereocenters. The lowest BCUT2D eigenvalue weighted by molar-refractivity contribution is -0.141. The predicted molar refractivity (Wildman–Crippen MR) is 119 cm³/mol. The van der Waals surface area contributed by atoms with Crippen LogP contribution in [-0.4, -0.2) is 49.3 Å². The number of amides is 2. The van der Waals surface area contributed by atoms with Crippen molar-refractivity contribution in [3.05, 3.63) is 53.3 Å². The number of likely N-dealkylation sites (tertiary alicyclic amines) is 1. The Morgan fingerprint density at radius 2 is 1.94 bits per heavy atom. The van der Waals surface area contributed by atoms with E-state index in [1.165, 1.54) is 6.92 Å². The summed E-state index contributed by atoms with van der Waals surface area (Å²) in [6.45, 7) is 1.43. The number of ketones is 1. The van der Waals surface area contributed by atoms with Gasteiger partial charge in [0.25, 0.3) is 0 Å². The number of rotatable bonds is 5. The van der Waals surface area contributed by atoms with Crippen LogP contribution < -0.4 is 5.32 Å². The number of fused-ring (bicyclic) bond motifs is 3. The summed E-state index contributed by atoms with van der Waals surface area (Å²) in [5, 5.41) is 8.22. The molecular weight excluding hydrogens is 430 g/mol. The fraction of sp³-hybridized carbons (Fsp3) is 0.348. The number of carbonyl (C=O) groups is 3. The van der Waals surface area contributed by atoms with Crippen LogP contribution in [0.1, 0.15) is 36.7 Å². The second-order valence-corrected chi connectivity index (χ2v) is 8.77. The SMILES string of the molecule is CC(=O)c1nn(CC(=O)N2[C@@H]3CC[C@@H](C3)[C@H]2C(=O)Nc2cccc(Cl)n2)c2ccccc12. The highest BCUT2D eigenvalue weighted by Gasteiger charge is 2.51. The Labute approximate surface area is 189 Å². The van der Waals surface area contributed by atoms with Crippen LogP contribution >= 0.6 is 11.6 Å². The van der Waals surface area contributed by atoms with Crippen LogP contribution in [-0.2, 0) is 16.1 Å². The Morgan fingerprint density at radius 1 is 1.12 bits per heavy atom. The van der Waals surface area contributed by atoms with Crippen molar-refractivity contribution in [1.82, 2.24) is 19.7 Å². The number of anilines is 1. The molecule has 1 aliphatic carbocycles. The van der Waals surface area contributed by atoms with Gasteiger partial charge in [-0.2, -0.15) is 5.10 Å². The van der Waals surface area contributed by atoms with Crippen LogP contribution in [0.2, 0.25) is 5.15 Å². The first-order chi connectivity index (χ1) is 15.4. The van der Waals surface area contributed by atoms with Gasteiger partial charge in [0.15, 0.2) is 5.78 Å². The number of nitrogens with one attached hydrogen (secondary N) is 1. The van der Waals surface area contributed by atoms with Gasteiger partial charge in [-0.25, -0.2) is 4.98 Å². The molecule has 3 heterocycles. The summed E-state index contributed by atoms with van der Waals surface area (Å²) in [5.74, 6) is -0.110. The molecule has 2 fully saturated rings. The zero-order valence-electron chi connectivity index (χ0n) is 17.5. The summed E-state index contributed by atoms with van der Waals surface area (Å²) in [5.41, 5.74) is 1.07. The maximum atomic E-state index is 13.4. The number of carbonyl (C=O) groups excluding carboxylic acids is 3. The lowest BCUT2D eigenvalue weighted by Gasteiger charge is -2.34. The van der Waals surface area contributed by atoms with Gasteiger partial charge in [-0.05, 0) is 43.4 Å². The number of hydrogen-bond donors (Lipinski definition) is 1. The molecule has 164 valence electrons. The molecule has 2 aliphatic rings. The van der Waals surface area contributed by atoms with Crippen molar-refractivity contribution in [2.45, 2.75) is 44.8 Å². The highest BCUT2D eigenvalue weighted by atomic mass is 35.5. The van der Waals surface area contributed by atoms with Crippen molar-refractivity contribution in [3.63, 3.8) is 0 Å². The van der Waals surface area contributed by atoms with Crippen molar-refractivity contribution in [2.24, 2.45) is 5.92 Å². The summed E-state index contributed by atoms with van der Waals surface area (Å²) in [6, 6.07) is 11.8. The van der Waals surface area contributed by atoms with E-state index in [1.807, 2.05) is 24.3 Å². The van der Waals surface area contributed by atoms with Gasteiger partial charge in [-0.15, -0.1) is 0 Å². The molecule has 0 spiro atoms. The lowest BCUT2D eigenvalue weighted by atomic mass is 9.97. The number of piperidine rings is 1. The second kappa shape index (κ2) is 8.02. The molecule has 0 radical (unpaired) electrons. The molecule has 32 heavy (non-hydrogen) atoms. The third-order valence-electron chi connectivity index (χ3n) is 6.38. The molecule has 2 aromatic heterocycles. The largest absolute Gasteiger partial charge is 0.326 e. The fourth-order valence-corrected chi connectivity index (χ4v) is 5.24. The van der Waals surface area contributed by atoms with Gasteiger partial charge in [0.1, 0.15) is 29.3 Å². The van der Waals surface area contributed by atoms with Gasteiger partial charge in [-0.1, -0.05) is 35.9 Å². The molecule has 1 saturated carbocycles. The number of nitrogens with zero attached hydrogens (tertiary/aromatic N) is 4. The van der Waals surface area contributed by atoms with E-state index >= 15 is 0 Å². The summed E-state index contributed by atoms with van der Waals surface area (Å²) in [4.78, 5) is 44.4. The van der Waals surface area contributed by atoms with E-state index in [9.17, 15) is 14.4 Å². The molecule has 8 nitrogen and oxygen atoms in total. The Hall–Kier alpha value is -3.26. The molecule has 1 aromatic carbocycles. The lowest BCUT2D eigenvalue weighted by Crippen LogP contribution is -2.52. The monoisotopic (exact) mass is 451 g/mol. The summed E-state index contributed by atoms with van der Waals surface area (Å²) in [6.07, 6.45) is 2.61. The van der Waals surface area contributed by atoms with E-state index in [4.69, 9.17) is 11.6 Å². The first kappa shape index (κ1) is 20.6. The molecule has 3 aromatic rings. The van der Waals surface area contributed by atoms with Crippen molar-refractivity contribution in [2.75, 3.05) is 5.32 Å². The number of Topliss-reactive ketones (excluding diaryl/α,β-unsaturated/α-hetero) is 1. The van der Waals surface area contributed by atoms with Crippen LogP contribution in [0.5, 0.6) is 0 Å². The van der Waals surface area contributed by atoms with Crippen molar-refractivity contribution in [3.8, 4) is 0 Å². The summed E-state index contributed by atoms with van der Waals surface area (Å²) < 4.78 is 1.56. The van der Waals surface area contributed by atoms with Gasteiger partial charge in [-0.3, -0.25) is 19.1 Å². The summed E-state index contributed by atoms with van der Waals surface area (Å²) >= 11 is 5.93.